The lowest BCUT2D eigenvalue weighted by molar-refractivity contribution is 0.590. The first-order chi connectivity index (χ1) is 24.5. The summed E-state index contributed by atoms with van der Waals surface area (Å²) in [5, 5.41) is 3.61. The Morgan fingerprint density at radius 2 is 1.25 bits per heavy atom. The van der Waals surface area contributed by atoms with E-state index in [1.807, 2.05) is 0 Å². The first-order valence-corrected chi connectivity index (χ1v) is 18.2. The van der Waals surface area contributed by atoms with Gasteiger partial charge in [-0.1, -0.05) is 126 Å². The van der Waals surface area contributed by atoms with Gasteiger partial charge in [0.05, 0.1) is 16.6 Å². The molecule has 4 heterocycles. The molecular weight excluding hydrogens is 619 g/mol. The van der Waals surface area contributed by atoms with Gasteiger partial charge < -0.3 is 9.32 Å². The summed E-state index contributed by atoms with van der Waals surface area (Å²) in [6.45, 7) is 16.2. The lowest BCUT2D eigenvalue weighted by Gasteiger charge is -2.42. The van der Waals surface area contributed by atoms with Crippen molar-refractivity contribution in [3.05, 3.63) is 138 Å². The van der Waals surface area contributed by atoms with Gasteiger partial charge in [-0.05, 0) is 92.8 Å². The maximum atomic E-state index is 6.78. The van der Waals surface area contributed by atoms with Gasteiger partial charge in [0.25, 0.3) is 6.71 Å². The van der Waals surface area contributed by atoms with Crippen LogP contribution in [0.25, 0.3) is 49.8 Å². The lowest BCUT2D eigenvalue weighted by atomic mass is 9.33. The van der Waals surface area contributed by atoms with Crippen LogP contribution in [0.2, 0.25) is 0 Å². The molecule has 2 aliphatic heterocycles. The fourth-order valence-corrected chi connectivity index (χ4v) is 8.82. The largest absolute Gasteiger partial charge is 0.439 e. The molecule has 0 atom stereocenters. The molecule has 0 bridgehead atoms. The summed E-state index contributed by atoms with van der Waals surface area (Å²) in [5.74, 6) is 0. The maximum absolute atomic E-state index is 6.78. The topological polar surface area (TPSA) is 21.3 Å². The van der Waals surface area contributed by atoms with Crippen LogP contribution in [-0.2, 0) is 10.8 Å². The van der Waals surface area contributed by atoms with Crippen molar-refractivity contribution in [2.45, 2.75) is 59.3 Å². The summed E-state index contributed by atoms with van der Waals surface area (Å²) < 4.78 is 9.20. The fraction of sp³-hybridized carbons (Fsp3) is 0.191. The molecule has 0 saturated heterocycles. The zero-order chi connectivity index (χ0) is 35.0. The number of hydrogen-bond acceptors (Lipinski definition) is 2. The van der Waals surface area contributed by atoms with Crippen molar-refractivity contribution in [2.24, 2.45) is 0 Å². The van der Waals surface area contributed by atoms with Gasteiger partial charge in [0.1, 0.15) is 5.58 Å². The Hall–Kier alpha value is -5.48. The Bertz CT molecular complexity index is 2730. The Labute approximate surface area is 300 Å². The third kappa shape index (κ3) is 4.26. The van der Waals surface area contributed by atoms with E-state index in [2.05, 4.69) is 179 Å². The van der Waals surface area contributed by atoms with Crippen LogP contribution in [0.5, 0.6) is 0 Å². The highest BCUT2D eigenvalue weighted by molar-refractivity contribution is 7.00. The van der Waals surface area contributed by atoms with Gasteiger partial charge in [-0.15, -0.1) is 0 Å². The molecule has 248 valence electrons. The zero-order valence-electron chi connectivity index (χ0n) is 30.4. The monoisotopic (exact) mass is 660 g/mol. The highest BCUT2D eigenvalue weighted by Crippen LogP contribution is 2.47. The van der Waals surface area contributed by atoms with Crippen molar-refractivity contribution in [1.29, 1.82) is 0 Å². The SMILES string of the molecule is Cc1cc2c3c(c1)-n1c4oc5ccccc5c4c4cccc(c41)B3c1ccc(C(C)(C)C)cc1N2c1ccc(C(C)(C)C)cc1-c1ccccc1. The molecule has 2 aromatic heterocycles. The van der Waals surface area contributed by atoms with E-state index in [9.17, 15) is 0 Å². The number of anilines is 3. The average molecular weight is 661 g/mol. The van der Waals surface area contributed by atoms with Gasteiger partial charge in [0.15, 0.2) is 0 Å². The van der Waals surface area contributed by atoms with Crippen LogP contribution in [-0.4, -0.2) is 11.3 Å². The van der Waals surface area contributed by atoms with Crippen LogP contribution < -0.4 is 21.3 Å². The predicted molar refractivity (Wildman–Crippen MR) is 217 cm³/mol. The highest BCUT2D eigenvalue weighted by atomic mass is 16.3. The quantitative estimate of drug-likeness (QED) is 0.172. The second kappa shape index (κ2) is 10.3. The predicted octanol–water partition coefficient (Wildman–Crippen LogP) is 10.7. The Balaban J connectivity index is 1.36. The molecule has 0 amide bonds. The number of rotatable bonds is 2. The van der Waals surface area contributed by atoms with Crippen LogP contribution in [0.1, 0.15) is 58.2 Å². The van der Waals surface area contributed by atoms with Crippen LogP contribution in [0.3, 0.4) is 0 Å². The molecule has 0 saturated carbocycles. The van der Waals surface area contributed by atoms with Crippen LogP contribution in [0.4, 0.5) is 17.1 Å². The van der Waals surface area contributed by atoms with Crippen molar-refractivity contribution in [1.82, 2.24) is 4.57 Å². The summed E-state index contributed by atoms with van der Waals surface area (Å²) in [6.07, 6.45) is 0. The summed E-state index contributed by atoms with van der Waals surface area (Å²) in [4.78, 5) is 2.58. The molecule has 10 rings (SSSR count). The molecule has 0 radical (unpaired) electrons. The minimum absolute atomic E-state index is 0.0100. The fourth-order valence-electron chi connectivity index (χ4n) is 8.82. The normalized spacial score (nSPS) is 13.7. The van der Waals surface area contributed by atoms with Crippen molar-refractivity contribution < 1.29 is 4.42 Å². The molecule has 4 heteroatoms. The zero-order valence-corrected chi connectivity index (χ0v) is 30.4. The molecule has 51 heavy (non-hydrogen) atoms. The highest BCUT2D eigenvalue weighted by Gasteiger charge is 2.43. The molecular formula is C47H41BN2O. The van der Waals surface area contributed by atoms with E-state index in [1.165, 1.54) is 88.6 Å². The van der Waals surface area contributed by atoms with Crippen LogP contribution >= 0.6 is 0 Å². The van der Waals surface area contributed by atoms with E-state index in [4.69, 9.17) is 4.42 Å². The second-order valence-corrected chi connectivity index (χ2v) is 16.7. The van der Waals surface area contributed by atoms with Gasteiger partial charge in [0, 0.05) is 33.4 Å². The third-order valence-electron chi connectivity index (χ3n) is 11.3. The van der Waals surface area contributed by atoms with Gasteiger partial charge >= 0.3 is 0 Å². The first-order valence-electron chi connectivity index (χ1n) is 18.2. The van der Waals surface area contributed by atoms with Crippen molar-refractivity contribution in [2.75, 3.05) is 4.90 Å². The van der Waals surface area contributed by atoms with E-state index in [1.54, 1.807) is 0 Å². The Kier molecular flexibility index (Phi) is 6.13. The van der Waals surface area contributed by atoms with Crippen LogP contribution in [0.15, 0.2) is 126 Å². The Morgan fingerprint density at radius 3 is 2.04 bits per heavy atom. The number of hydrogen-bond donors (Lipinski definition) is 0. The Morgan fingerprint density at radius 1 is 0.569 bits per heavy atom. The number of aromatic nitrogens is 1. The smallest absolute Gasteiger partial charge is 0.252 e. The molecule has 6 aromatic carbocycles. The maximum Gasteiger partial charge on any atom is 0.252 e. The molecule has 8 aromatic rings. The van der Waals surface area contributed by atoms with Gasteiger partial charge in [-0.25, -0.2) is 0 Å². The first kappa shape index (κ1) is 30.4. The molecule has 0 spiro atoms. The summed E-state index contributed by atoms with van der Waals surface area (Å²) in [7, 11) is 0. The average Bonchev–Trinajstić information content (AvgIpc) is 3.65. The van der Waals surface area contributed by atoms with Crippen molar-refractivity contribution in [3.63, 3.8) is 0 Å². The second-order valence-electron chi connectivity index (χ2n) is 16.7. The summed E-state index contributed by atoms with van der Waals surface area (Å²) in [5.41, 5.74) is 18.3. The van der Waals surface area contributed by atoms with E-state index < -0.39 is 0 Å². The molecule has 0 N–H and O–H groups in total. The number of nitrogens with zero attached hydrogens (tertiary/aromatic N) is 2. The number of aryl methyl sites for hydroxylation is 1. The summed E-state index contributed by atoms with van der Waals surface area (Å²) >= 11 is 0. The van der Waals surface area contributed by atoms with E-state index in [-0.39, 0.29) is 17.5 Å². The van der Waals surface area contributed by atoms with Crippen molar-refractivity contribution >= 4 is 73.1 Å². The summed E-state index contributed by atoms with van der Waals surface area (Å²) in [6, 6.07) is 45.4. The van der Waals surface area contributed by atoms with Crippen LogP contribution in [0, 0.1) is 6.92 Å². The standard InChI is InChI=1S/C47H41BN2O/c1-28-24-39-43-40(25-28)50-44-33(42-32-16-11-12-19-41(32)51-45(42)50)17-13-18-36(44)48(43)35-22-20-31(47(5,6)7)27-38(35)49(39)37-23-21-30(46(2,3)4)26-34(37)29-14-9-8-10-15-29/h8-27H,1-7H3. The van der Waals surface area contributed by atoms with E-state index >= 15 is 0 Å². The lowest BCUT2D eigenvalue weighted by Crippen LogP contribution is -2.60. The molecule has 0 aliphatic carbocycles. The van der Waals surface area contributed by atoms with Gasteiger partial charge in [0.2, 0.25) is 5.71 Å². The van der Waals surface area contributed by atoms with Gasteiger partial charge in [-0.3, -0.25) is 4.57 Å². The molecule has 0 unspecified atom stereocenters. The molecule has 3 nitrogen and oxygen atoms in total. The minimum Gasteiger partial charge on any atom is -0.439 e. The number of fused-ring (bicyclic) bond motifs is 9. The number of para-hydroxylation sites is 2. The van der Waals surface area contributed by atoms with Crippen molar-refractivity contribution in [3.8, 4) is 16.8 Å². The number of furan rings is 1. The minimum atomic E-state index is -0.0100. The molecule has 2 aliphatic rings. The third-order valence-corrected chi connectivity index (χ3v) is 11.3. The molecule has 0 fully saturated rings. The van der Waals surface area contributed by atoms with Gasteiger partial charge in [-0.2, -0.15) is 0 Å². The number of benzene rings is 6. The van der Waals surface area contributed by atoms with E-state index in [0.717, 1.165) is 11.3 Å². The van der Waals surface area contributed by atoms with E-state index in [0.29, 0.717) is 0 Å².